The van der Waals surface area contributed by atoms with Gasteiger partial charge in [0.1, 0.15) is 11.2 Å². The lowest BCUT2D eigenvalue weighted by molar-refractivity contribution is 0.633. The van der Waals surface area contributed by atoms with Gasteiger partial charge in [-0.1, -0.05) is 206 Å². The van der Waals surface area contributed by atoms with Gasteiger partial charge >= 0.3 is 0 Å². The molecular formula is C68H43NO. The molecule has 3 aliphatic carbocycles. The Labute approximate surface area is 407 Å². The van der Waals surface area contributed by atoms with Crippen molar-refractivity contribution in [1.82, 2.24) is 0 Å². The first kappa shape index (κ1) is 39.1. The Morgan fingerprint density at radius 3 is 1.29 bits per heavy atom. The summed E-state index contributed by atoms with van der Waals surface area (Å²) in [6.45, 7) is 0. The van der Waals surface area contributed by atoms with Gasteiger partial charge in [-0.2, -0.15) is 0 Å². The lowest BCUT2D eigenvalue weighted by Gasteiger charge is -2.49. The molecule has 0 unspecified atom stereocenters. The summed E-state index contributed by atoms with van der Waals surface area (Å²) in [4.78, 5) is 2.39. The van der Waals surface area contributed by atoms with Crippen LogP contribution in [0.5, 0.6) is 0 Å². The number of para-hydroxylation sites is 2. The van der Waals surface area contributed by atoms with Crippen LogP contribution in [-0.4, -0.2) is 0 Å². The Balaban J connectivity index is 0.963. The fraction of sp³-hybridized carbons (Fsp3) is 0.0294. The number of nitrogens with zero attached hydrogens (tertiary/aromatic N) is 1. The van der Waals surface area contributed by atoms with Gasteiger partial charge in [0.25, 0.3) is 0 Å². The lowest BCUT2D eigenvalue weighted by Crippen LogP contribution is -2.43. The van der Waals surface area contributed by atoms with Gasteiger partial charge in [0.05, 0.1) is 10.8 Å². The summed E-state index contributed by atoms with van der Waals surface area (Å²) in [6.07, 6.45) is 0. The average molecular weight is 890 g/mol. The summed E-state index contributed by atoms with van der Waals surface area (Å²) in [5.74, 6) is 0. The number of hydrogen-bond donors (Lipinski definition) is 0. The molecule has 2 nitrogen and oxygen atoms in total. The van der Waals surface area contributed by atoms with Crippen LogP contribution >= 0.6 is 0 Å². The van der Waals surface area contributed by atoms with E-state index in [1.807, 2.05) is 6.07 Å². The predicted octanol–water partition coefficient (Wildman–Crippen LogP) is 17.4. The maximum atomic E-state index is 6.35. The number of fused-ring (bicyclic) bond motifs is 19. The van der Waals surface area contributed by atoms with Crippen LogP contribution in [0.15, 0.2) is 265 Å². The van der Waals surface area contributed by atoms with Crippen LogP contribution in [0.2, 0.25) is 0 Å². The molecule has 0 N–H and O–H groups in total. The third-order valence-corrected chi connectivity index (χ3v) is 15.7. The van der Waals surface area contributed by atoms with E-state index in [1.165, 1.54) is 72.3 Å². The van der Waals surface area contributed by atoms with Gasteiger partial charge in [-0.05, 0) is 144 Å². The Morgan fingerprint density at radius 2 is 0.671 bits per heavy atom. The highest BCUT2D eigenvalue weighted by Crippen LogP contribution is 2.67. The van der Waals surface area contributed by atoms with Crippen molar-refractivity contribution < 1.29 is 4.42 Å². The molecule has 0 saturated heterocycles. The van der Waals surface area contributed by atoms with Crippen molar-refractivity contribution in [1.29, 1.82) is 0 Å². The first-order valence-corrected chi connectivity index (χ1v) is 24.3. The molecule has 11 aromatic carbocycles. The van der Waals surface area contributed by atoms with E-state index in [0.29, 0.717) is 0 Å². The van der Waals surface area contributed by atoms with Crippen molar-refractivity contribution >= 4 is 39.0 Å². The molecule has 0 aliphatic heterocycles. The molecule has 0 radical (unpaired) electrons. The summed E-state index contributed by atoms with van der Waals surface area (Å²) >= 11 is 0. The van der Waals surface area contributed by atoms with Crippen LogP contribution < -0.4 is 4.90 Å². The van der Waals surface area contributed by atoms with Crippen molar-refractivity contribution in [2.75, 3.05) is 4.90 Å². The van der Waals surface area contributed by atoms with E-state index in [4.69, 9.17) is 4.42 Å². The Kier molecular flexibility index (Phi) is 8.24. The minimum absolute atomic E-state index is 0.528. The Bertz CT molecular complexity index is 4010. The minimum Gasteiger partial charge on any atom is -0.456 e. The number of rotatable bonds is 5. The van der Waals surface area contributed by atoms with E-state index < -0.39 is 10.8 Å². The molecule has 0 amide bonds. The summed E-state index contributed by atoms with van der Waals surface area (Å²) in [5.41, 5.74) is 24.4. The highest BCUT2D eigenvalue weighted by molar-refractivity contribution is 6.12. The molecule has 1 aromatic heterocycles. The van der Waals surface area contributed by atoms with E-state index in [1.54, 1.807) is 0 Å². The van der Waals surface area contributed by atoms with Gasteiger partial charge in [-0.25, -0.2) is 0 Å². The van der Waals surface area contributed by atoms with Gasteiger partial charge in [0.2, 0.25) is 0 Å². The SMILES string of the molecule is c1ccc(N(c2cccc(-c3ccc4c(c3)C3(c5ccccc5-c5ccccc53)c3ccccc3C43c4ccccc4-c4ccccc43)c2)c2cccc(-c3cccc4oc5ccccc5c34)c2)cc1. The quantitative estimate of drug-likeness (QED) is 0.171. The molecule has 1 heterocycles. The van der Waals surface area contributed by atoms with Crippen LogP contribution in [0.25, 0.3) is 66.4 Å². The zero-order valence-corrected chi connectivity index (χ0v) is 38.2. The summed E-state index contributed by atoms with van der Waals surface area (Å²) in [6, 6.07) is 96.9. The molecule has 0 bridgehead atoms. The molecule has 326 valence electrons. The Morgan fingerprint density at radius 1 is 0.257 bits per heavy atom. The largest absolute Gasteiger partial charge is 0.456 e. The van der Waals surface area contributed by atoms with Gasteiger partial charge in [0.15, 0.2) is 0 Å². The minimum atomic E-state index is -0.565. The second kappa shape index (κ2) is 14.8. The van der Waals surface area contributed by atoms with E-state index in [-0.39, 0.29) is 0 Å². The topological polar surface area (TPSA) is 16.4 Å². The molecule has 0 atom stereocenters. The zero-order valence-electron chi connectivity index (χ0n) is 38.2. The van der Waals surface area contributed by atoms with E-state index >= 15 is 0 Å². The lowest BCUT2D eigenvalue weighted by atomic mass is 9.52. The van der Waals surface area contributed by atoms with E-state index in [2.05, 4.69) is 260 Å². The van der Waals surface area contributed by atoms with Crippen molar-refractivity contribution in [2.45, 2.75) is 10.8 Å². The summed E-state index contributed by atoms with van der Waals surface area (Å²) in [7, 11) is 0. The second-order valence-corrected chi connectivity index (χ2v) is 19.0. The van der Waals surface area contributed by atoms with Crippen LogP contribution in [0, 0.1) is 0 Å². The summed E-state index contributed by atoms with van der Waals surface area (Å²) in [5, 5.41) is 2.26. The zero-order chi connectivity index (χ0) is 46.0. The summed E-state index contributed by atoms with van der Waals surface area (Å²) < 4.78 is 6.35. The predicted molar refractivity (Wildman–Crippen MR) is 287 cm³/mol. The maximum absolute atomic E-state index is 6.35. The molecule has 70 heavy (non-hydrogen) atoms. The van der Waals surface area contributed by atoms with E-state index in [9.17, 15) is 0 Å². The number of hydrogen-bond acceptors (Lipinski definition) is 2. The number of furan rings is 1. The highest BCUT2D eigenvalue weighted by atomic mass is 16.3. The van der Waals surface area contributed by atoms with Gasteiger partial charge in [-0.3, -0.25) is 0 Å². The van der Waals surface area contributed by atoms with Crippen LogP contribution in [0.4, 0.5) is 17.1 Å². The molecule has 2 heteroatoms. The molecule has 2 spiro atoms. The molecule has 0 fully saturated rings. The fourth-order valence-corrected chi connectivity index (χ4v) is 13.1. The molecule has 3 aliphatic rings. The van der Waals surface area contributed by atoms with E-state index in [0.717, 1.165) is 55.7 Å². The molecule has 12 aromatic rings. The molecule has 0 saturated carbocycles. The number of anilines is 3. The van der Waals surface area contributed by atoms with Crippen molar-refractivity contribution in [3.05, 3.63) is 305 Å². The standard InChI is InChI=1S/C68H43NO/c1-2-21-47(22-3-1)69(49-24-17-20-46(42-49)50-30-18-38-65-66(50)55-29-8-15-37-64(55)70-65)48-23-16-19-44(41-48)45-39-40-62-63(43-45)68(58-33-11-6-27-53(58)54-28-7-12-34-59(54)68)61-36-14-13-35-60(61)67(62)56-31-9-4-25-51(56)52-26-5-10-32-57(52)67/h1-43H. The Hall–Kier alpha value is -8.98. The first-order chi connectivity index (χ1) is 34.7. The van der Waals surface area contributed by atoms with Crippen LogP contribution in [-0.2, 0) is 10.8 Å². The third kappa shape index (κ3) is 5.17. The second-order valence-electron chi connectivity index (χ2n) is 19.0. The third-order valence-electron chi connectivity index (χ3n) is 15.7. The van der Waals surface area contributed by atoms with Gasteiger partial charge < -0.3 is 9.32 Å². The van der Waals surface area contributed by atoms with Gasteiger partial charge in [-0.15, -0.1) is 0 Å². The highest BCUT2D eigenvalue weighted by Gasteiger charge is 2.59. The average Bonchev–Trinajstić information content (AvgIpc) is 4.07. The molecular weight excluding hydrogens is 847 g/mol. The van der Waals surface area contributed by atoms with Crippen LogP contribution in [0.1, 0.15) is 44.5 Å². The number of benzene rings is 11. The monoisotopic (exact) mass is 889 g/mol. The van der Waals surface area contributed by atoms with Crippen molar-refractivity contribution in [3.8, 4) is 44.5 Å². The molecule has 15 rings (SSSR count). The normalized spacial score (nSPS) is 13.9. The van der Waals surface area contributed by atoms with Gasteiger partial charge in [0, 0.05) is 27.8 Å². The fourth-order valence-electron chi connectivity index (χ4n) is 13.1. The smallest absolute Gasteiger partial charge is 0.136 e. The van der Waals surface area contributed by atoms with Crippen molar-refractivity contribution in [3.63, 3.8) is 0 Å². The first-order valence-electron chi connectivity index (χ1n) is 24.3. The maximum Gasteiger partial charge on any atom is 0.136 e. The van der Waals surface area contributed by atoms with Crippen molar-refractivity contribution in [2.24, 2.45) is 0 Å². The van der Waals surface area contributed by atoms with Crippen LogP contribution in [0.3, 0.4) is 0 Å².